The molecule has 0 saturated carbocycles. The molecular weight excluding hydrogens is 290 g/mol. The number of aromatic nitrogens is 2. The molecule has 0 aliphatic carbocycles. The van der Waals surface area contributed by atoms with Crippen molar-refractivity contribution in [2.75, 3.05) is 0 Å². The number of nitrogens with zero attached hydrogens (tertiary/aromatic N) is 2. The predicted molar refractivity (Wildman–Crippen MR) is 83.3 cm³/mol. The fourth-order valence-corrected chi connectivity index (χ4v) is 2.17. The standard InChI is InChI=1S/C14H25N3O3S/c1-10(16-21(19)14(5,6)7)11-8-17(9-15-11)12(18)20-13(2,3)4/h8-10,16H,1-7H3/t10-,21-/m0/s1. The van der Waals surface area contributed by atoms with Crippen LogP contribution in [0.4, 0.5) is 4.79 Å². The molecule has 6 nitrogen and oxygen atoms in total. The fraction of sp³-hybridized carbons (Fsp3) is 0.714. The topological polar surface area (TPSA) is 73.2 Å². The zero-order chi connectivity index (χ0) is 16.4. The van der Waals surface area contributed by atoms with Crippen LogP contribution in [0.5, 0.6) is 0 Å². The summed E-state index contributed by atoms with van der Waals surface area (Å²) in [6, 6.07) is -0.228. The smallest absolute Gasteiger partial charge is 0.419 e. The summed E-state index contributed by atoms with van der Waals surface area (Å²) < 4.78 is 21.2. The molecule has 0 aliphatic heterocycles. The quantitative estimate of drug-likeness (QED) is 0.931. The second kappa shape index (κ2) is 6.27. The van der Waals surface area contributed by atoms with Gasteiger partial charge >= 0.3 is 6.09 Å². The molecule has 1 heterocycles. The van der Waals surface area contributed by atoms with E-state index in [9.17, 15) is 9.00 Å². The molecule has 1 aromatic rings. The Labute approximate surface area is 128 Å². The van der Waals surface area contributed by atoms with Gasteiger partial charge in [-0.15, -0.1) is 0 Å². The molecule has 120 valence electrons. The first-order chi connectivity index (χ1) is 9.40. The maximum Gasteiger partial charge on any atom is 0.419 e. The van der Waals surface area contributed by atoms with Crippen molar-refractivity contribution in [3.8, 4) is 0 Å². The summed E-state index contributed by atoms with van der Waals surface area (Å²) in [5.41, 5.74) is 0.0810. The minimum Gasteiger partial charge on any atom is -0.443 e. The molecule has 21 heavy (non-hydrogen) atoms. The molecular formula is C14H25N3O3S. The molecule has 0 amide bonds. The van der Waals surface area contributed by atoms with Crippen molar-refractivity contribution in [1.29, 1.82) is 0 Å². The monoisotopic (exact) mass is 315 g/mol. The van der Waals surface area contributed by atoms with E-state index in [-0.39, 0.29) is 10.8 Å². The van der Waals surface area contributed by atoms with Crippen LogP contribution in [0.2, 0.25) is 0 Å². The largest absolute Gasteiger partial charge is 0.443 e. The first-order valence-electron chi connectivity index (χ1n) is 6.85. The lowest BCUT2D eigenvalue weighted by Crippen LogP contribution is -2.35. The highest BCUT2D eigenvalue weighted by atomic mass is 32.2. The molecule has 0 radical (unpaired) electrons. The highest BCUT2D eigenvalue weighted by molar-refractivity contribution is 7.84. The number of ether oxygens (including phenoxy) is 1. The van der Waals surface area contributed by atoms with E-state index in [1.807, 2.05) is 27.7 Å². The molecule has 7 heteroatoms. The zero-order valence-electron chi connectivity index (χ0n) is 13.8. The highest BCUT2D eigenvalue weighted by Gasteiger charge is 2.23. The van der Waals surface area contributed by atoms with Gasteiger partial charge in [0.2, 0.25) is 0 Å². The van der Waals surface area contributed by atoms with Crippen molar-refractivity contribution in [1.82, 2.24) is 14.3 Å². The van der Waals surface area contributed by atoms with E-state index in [0.717, 1.165) is 0 Å². The summed E-state index contributed by atoms with van der Waals surface area (Å²) in [5, 5.41) is 0. The maximum absolute atomic E-state index is 12.1. The Morgan fingerprint density at radius 3 is 2.38 bits per heavy atom. The Morgan fingerprint density at radius 2 is 1.90 bits per heavy atom. The molecule has 1 aromatic heterocycles. The van der Waals surface area contributed by atoms with Crippen LogP contribution < -0.4 is 4.72 Å². The second-order valence-corrected chi connectivity index (χ2v) is 8.90. The number of carbonyl (C=O) groups excluding carboxylic acids is 1. The Kier molecular flexibility index (Phi) is 5.33. The van der Waals surface area contributed by atoms with E-state index in [1.165, 1.54) is 10.9 Å². The number of nitrogens with one attached hydrogen (secondary N) is 1. The zero-order valence-corrected chi connectivity index (χ0v) is 14.6. The summed E-state index contributed by atoms with van der Waals surface area (Å²) in [5.74, 6) is 0. The molecule has 0 saturated heterocycles. The number of hydrogen-bond donors (Lipinski definition) is 1. The lowest BCUT2D eigenvalue weighted by molar-refractivity contribution is 0.0536. The van der Waals surface area contributed by atoms with Crippen LogP contribution in [0.25, 0.3) is 0 Å². The Hall–Kier alpha value is -1.21. The van der Waals surface area contributed by atoms with Crippen molar-refractivity contribution in [2.24, 2.45) is 0 Å². The van der Waals surface area contributed by atoms with Gasteiger partial charge in [-0.25, -0.2) is 23.3 Å². The molecule has 0 unspecified atom stereocenters. The van der Waals surface area contributed by atoms with E-state index < -0.39 is 22.7 Å². The van der Waals surface area contributed by atoms with E-state index in [0.29, 0.717) is 5.69 Å². The second-order valence-electron chi connectivity index (χ2n) is 6.91. The summed E-state index contributed by atoms with van der Waals surface area (Å²) in [4.78, 5) is 16.1. The molecule has 0 bridgehead atoms. The lowest BCUT2D eigenvalue weighted by Gasteiger charge is -2.21. The van der Waals surface area contributed by atoms with Crippen molar-refractivity contribution in [3.05, 3.63) is 18.2 Å². The molecule has 1 N–H and O–H groups in total. The van der Waals surface area contributed by atoms with Crippen molar-refractivity contribution in [3.63, 3.8) is 0 Å². The van der Waals surface area contributed by atoms with Gasteiger partial charge in [-0.05, 0) is 48.5 Å². The normalized spacial score (nSPS) is 15.6. The summed E-state index contributed by atoms with van der Waals surface area (Å²) in [6.07, 6.45) is 2.51. The van der Waals surface area contributed by atoms with Crippen molar-refractivity contribution in [2.45, 2.75) is 64.9 Å². The predicted octanol–water partition coefficient (Wildman–Crippen LogP) is 2.78. The van der Waals surface area contributed by atoms with Gasteiger partial charge in [0.1, 0.15) is 11.9 Å². The number of imidazole rings is 1. The fourth-order valence-electron chi connectivity index (χ4n) is 1.37. The minimum absolute atomic E-state index is 0.228. The Balaban J connectivity index is 2.75. The summed E-state index contributed by atoms with van der Waals surface area (Å²) in [7, 11) is -1.20. The number of carbonyl (C=O) groups is 1. The van der Waals surface area contributed by atoms with Crippen LogP contribution in [-0.2, 0) is 15.7 Å². The first-order valence-corrected chi connectivity index (χ1v) is 8.00. The van der Waals surface area contributed by atoms with Gasteiger partial charge in [0, 0.05) is 6.20 Å². The third kappa shape index (κ3) is 5.59. The van der Waals surface area contributed by atoms with Crippen LogP contribution in [0.3, 0.4) is 0 Å². The molecule has 2 atom stereocenters. The van der Waals surface area contributed by atoms with Crippen LogP contribution in [-0.4, -0.2) is 30.2 Å². The molecule has 0 aromatic carbocycles. The maximum atomic E-state index is 12.1. The highest BCUT2D eigenvalue weighted by Crippen LogP contribution is 2.16. The van der Waals surface area contributed by atoms with Crippen molar-refractivity contribution >= 4 is 17.1 Å². The van der Waals surface area contributed by atoms with Gasteiger partial charge in [-0.1, -0.05) is 0 Å². The van der Waals surface area contributed by atoms with Gasteiger partial charge in [0.25, 0.3) is 0 Å². The summed E-state index contributed by atoms with van der Waals surface area (Å²) >= 11 is 0. The number of rotatable bonds is 3. The Bertz CT molecular complexity index is 526. The van der Waals surface area contributed by atoms with Crippen LogP contribution in [0.15, 0.2) is 12.5 Å². The van der Waals surface area contributed by atoms with E-state index in [4.69, 9.17) is 4.74 Å². The Morgan fingerprint density at radius 1 is 1.33 bits per heavy atom. The third-order valence-corrected chi connectivity index (χ3v) is 4.17. The van der Waals surface area contributed by atoms with Gasteiger partial charge in [0.05, 0.1) is 27.5 Å². The average molecular weight is 315 g/mol. The molecule has 0 spiro atoms. The molecule has 0 fully saturated rings. The van der Waals surface area contributed by atoms with Gasteiger partial charge < -0.3 is 4.74 Å². The van der Waals surface area contributed by atoms with Gasteiger partial charge in [-0.2, -0.15) is 0 Å². The SMILES string of the molecule is C[C@H](N[S@@](=O)C(C)(C)C)c1cn(C(=O)OC(C)(C)C)cn1. The van der Waals surface area contributed by atoms with E-state index in [2.05, 4.69) is 9.71 Å². The number of hydrogen-bond acceptors (Lipinski definition) is 4. The molecule has 1 rings (SSSR count). The van der Waals surface area contributed by atoms with Crippen LogP contribution >= 0.6 is 0 Å². The molecule has 0 aliphatic rings. The van der Waals surface area contributed by atoms with Crippen molar-refractivity contribution < 1.29 is 13.7 Å². The van der Waals surface area contributed by atoms with Gasteiger partial charge in [0.15, 0.2) is 0 Å². The van der Waals surface area contributed by atoms with E-state index >= 15 is 0 Å². The minimum atomic E-state index is -1.20. The van der Waals surface area contributed by atoms with Gasteiger partial charge in [-0.3, -0.25) is 0 Å². The summed E-state index contributed by atoms with van der Waals surface area (Å²) in [6.45, 7) is 12.9. The van der Waals surface area contributed by atoms with Crippen LogP contribution in [0.1, 0.15) is 60.2 Å². The average Bonchev–Trinajstić information content (AvgIpc) is 2.74. The lowest BCUT2D eigenvalue weighted by atomic mass is 10.2. The first kappa shape index (κ1) is 17.8. The van der Waals surface area contributed by atoms with E-state index in [1.54, 1.807) is 27.0 Å². The third-order valence-electron chi connectivity index (χ3n) is 2.49. The van der Waals surface area contributed by atoms with Crippen LogP contribution in [0, 0.1) is 0 Å².